The Labute approximate surface area is 112 Å². The Balaban J connectivity index is 1.89. The highest BCUT2D eigenvalue weighted by Crippen LogP contribution is 2.43. The summed E-state index contributed by atoms with van der Waals surface area (Å²) >= 11 is 0. The summed E-state index contributed by atoms with van der Waals surface area (Å²) in [7, 11) is 0. The molecule has 1 fully saturated rings. The third kappa shape index (κ3) is 2.23. The number of benzene rings is 1. The van der Waals surface area contributed by atoms with Crippen LogP contribution in [0.3, 0.4) is 0 Å². The van der Waals surface area contributed by atoms with Crippen LogP contribution in [0.4, 0.5) is 13.2 Å². The van der Waals surface area contributed by atoms with Crippen molar-refractivity contribution in [2.75, 3.05) is 0 Å². The van der Waals surface area contributed by atoms with Gasteiger partial charge in [-0.05, 0) is 18.6 Å². The summed E-state index contributed by atoms with van der Waals surface area (Å²) in [5, 5.41) is 13.2. The second kappa shape index (κ2) is 4.50. The second-order valence-corrected chi connectivity index (χ2v) is 4.89. The van der Waals surface area contributed by atoms with Crippen LogP contribution < -0.4 is 0 Å². The highest BCUT2D eigenvalue weighted by molar-refractivity contribution is 5.62. The number of nitrogens with zero attached hydrogens (tertiary/aromatic N) is 2. The quantitative estimate of drug-likeness (QED) is 0.917. The number of halogens is 3. The van der Waals surface area contributed by atoms with Crippen LogP contribution in [0.5, 0.6) is 5.75 Å². The largest absolute Gasteiger partial charge is 0.504 e. The molecule has 1 atom stereocenters. The first-order valence-corrected chi connectivity index (χ1v) is 6.15. The van der Waals surface area contributed by atoms with Gasteiger partial charge in [0, 0.05) is 18.8 Å². The van der Waals surface area contributed by atoms with E-state index in [2.05, 4.69) is 10.1 Å². The molecule has 106 valence electrons. The molecule has 0 bridgehead atoms. The van der Waals surface area contributed by atoms with Crippen molar-refractivity contribution in [3.05, 3.63) is 29.8 Å². The van der Waals surface area contributed by atoms with Crippen molar-refractivity contribution in [3.63, 3.8) is 0 Å². The normalized spacial score (nSPS) is 21.2. The highest BCUT2D eigenvalue weighted by atomic mass is 19.3. The average Bonchev–Trinajstić information content (AvgIpc) is 2.99. The molecule has 7 heteroatoms. The van der Waals surface area contributed by atoms with Crippen LogP contribution in [0.2, 0.25) is 0 Å². The maximum Gasteiger partial charge on any atom is 0.261 e. The van der Waals surface area contributed by atoms with Gasteiger partial charge in [-0.2, -0.15) is 4.98 Å². The van der Waals surface area contributed by atoms with E-state index in [1.165, 1.54) is 12.1 Å². The lowest BCUT2D eigenvalue weighted by molar-refractivity contribution is 0.00749. The van der Waals surface area contributed by atoms with Gasteiger partial charge in [0.15, 0.2) is 17.4 Å². The number of aromatic hydroxyl groups is 1. The zero-order chi connectivity index (χ0) is 14.3. The first-order valence-electron chi connectivity index (χ1n) is 6.15. The molecule has 0 spiro atoms. The Morgan fingerprint density at radius 2 is 2.15 bits per heavy atom. The Kier molecular flexibility index (Phi) is 2.92. The average molecular weight is 284 g/mol. The van der Waals surface area contributed by atoms with E-state index in [0.717, 1.165) is 6.07 Å². The predicted molar refractivity (Wildman–Crippen MR) is 62.9 cm³/mol. The van der Waals surface area contributed by atoms with Crippen molar-refractivity contribution < 1.29 is 22.8 Å². The molecule has 0 aliphatic heterocycles. The lowest BCUT2D eigenvalue weighted by atomic mass is 10.1. The molecule has 2 aromatic rings. The fourth-order valence-electron chi connectivity index (χ4n) is 2.37. The number of hydrogen-bond acceptors (Lipinski definition) is 4. The minimum atomic E-state index is -2.70. The molecule has 0 saturated heterocycles. The standard InChI is InChI=1S/C13H11F3N2O2/c14-9-3-1-2-8(10(9)19)12-17-11(18-20-12)7-4-5-13(15,16)6-7/h1-3,7,19H,4-6H2. The Morgan fingerprint density at radius 3 is 2.85 bits per heavy atom. The molecule has 1 aliphatic carbocycles. The van der Waals surface area contributed by atoms with Crippen LogP contribution in [0.15, 0.2) is 22.7 Å². The number of para-hydroxylation sites is 1. The first-order chi connectivity index (χ1) is 9.46. The molecule has 20 heavy (non-hydrogen) atoms. The van der Waals surface area contributed by atoms with Crippen molar-refractivity contribution in [2.24, 2.45) is 0 Å². The molecule has 3 rings (SSSR count). The lowest BCUT2D eigenvalue weighted by Gasteiger charge is -2.06. The van der Waals surface area contributed by atoms with Gasteiger partial charge in [-0.1, -0.05) is 11.2 Å². The SMILES string of the molecule is Oc1c(F)cccc1-c1nc(C2CCC(F)(F)C2)no1. The zero-order valence-electron chi connectivity index (χ0n) is 10.3. The third-order valence-electron chi connectivity index (χ3n) is 3.43. The van der Waals surface area contributed by atoms with Crippen molar-refractivity contribution in [3.8, 4) is 17.2 Å². The number of hydrogen-bond donors (Lipinski definition) is 1. The van der Waals surface area contributed by atoms with Crippen LogP contribution in [-0.4, -0.2) is 21.2 Å². The molecular formula is C13H11F3N2O2. The maximum atomic E-state index is 13.2. The molecule has 0 radical (unpaired) electrons. The minimum absolute atomic E-state index is 0.0495. The minimum Gasteiger partial charge on any atom is -0.504 e. The van der Waals surface area contributed by atoms with Gasteiger partial charge in [-0.25, -0.2) is 13.2 Å². The Morgan fingerprint density at radius 1 is 1.35 bits per heavy atom. The summed E-state index contributed by atoms with van der Waals surface area (Å²) in [6.45, 7) is 0. The van der Waals surface area contributed by atoms with Gasteiger partial charge in [0.2, 0.25) is 5.92 Å². The molecule has 1 aliphatic rings. The van der Waals surface area contributed by atoms with E-state index < -0.39 is 23.4 Å². The zero-order valence-corrected chi connectivity index (χ0v) is 10.3. The monoisotopic (exact) mass is 284 g/mol. The van der Waals surface area contributed by atoms with Crippen molar-refractivity contribution in [2.45, 2.75) is 31.1 Å². The van der Waals surface area contributed by atoms with E-state index in [0.29, 0.717) is 0 Å². The summed E-state index contributed by atoms with van der Waals surface area (Å²) in [6.07, 6.45) is -0.241. The van der Waals surface area contributed by atoms with Gasteiger partial charge in [0.1, 0.15) is 0 Å². The fraction of sp³-hybridized carbons (Fsp3) is 0.385. The Hall–Kier alpha value is -2.05. The topological polar surface area (TPSA) is 59.2 Å². The molecule has 1 aromatic heterocycles. The molecular weight excluding hydrogens is 273 g/mol. The summed E-state index contributed by atoms with van der Waals surface area (Å²) in [6, 6.07) is 3.89. The molecule has 1 unspecified atom stereocenters. The number of aromatic nitrogens is 2. The summed E-state index contributed by atoms with van der Waals surface area (Å²) in [5.41, 5.74) is 0.0495. The number of phenols is 1. The smallest absolute Gasteiger partial charge is 0.261 e. The van der Waals surface area contributed by atoms with E-state index in [-0.39, 0.29) is 36.5 Å². The van der Waals surface area contributed by atoms with Gasteiger partial charge in [-0.15, -0.1) is 0 Å². The van der Waals surface area contributed by atoms with Gasteiger partial charge in [-0.3, -0.25) is 0 Å². The molecule has 1 aromatic carbocycles. The highest BCUT2D eigenvalue weighted by Gasteiger charge is 2.42. The molecule has 1 N–H and O–H groups in total. The number of alkyl halides is 2. The van der Waals surface area contributed by atoms with Crippen LogP contribution in [0.25, 0.3) is 11.5 Å². The van der Waals surface area contributed by atoms with Crippen molar-refractivity contribution >= 4 is 0 Å². The van der Waals surface area contributed by atoms with E-state index in [9.17, 15) is 18.3 Å². The molecule has 1 saturated carbocycles. The van der Waals surface area contributed by atoms with E-state index in [1.807, 2.05) is 0 Å². The van der Waals surface area contributed by atoms with E-state index in [4.69, 9.17) is 4.52 Å². The maximum absolute atomic E-state index is 13.2. The number of rotatable bonds is 2. The molecule has 4 nitrogen and oxygen atoms in total. The third-order valence-corrected chi connectivity index (χ3v) is 3.43. The van der Waals surface area contributed by atoms with Gasteiger partial charge in [0.25, 0.3) is 5.89 Å². The fourth-order valence-corrected chi connectivity index (χ4v) is 2.37. The van der Waals surface area contributed by atoms with Gasteiger partial charge in [0.05, 0.1) is 5.56 Å². The van der Waals surface area contributed by atoms with Crippen LogP contribution in [0, 0.1) is 5.82 Å². The predicted octanol–water partition coefficient (Wildman–Crippen LogP) is 3.48. The molecule has 0 amide bonds. The summed E-state index contributed by atoms with van der Waals surface area (Å²) in [5.74, 6) is -4.49. The van der Waals surface area contributed by atoms with Crippen molar-refractivity contribution in [1.82, 2.24) is 10.1 Å². The summed E-state index contributed by atoms with van der Waals surface area (Å²) < 4.78 is 44.5. The van der Waals surface area contributed by atoms with E-state index >= 15 is 0 Å². The second-order valence-electron chi connectivity index (χ2n) is 4.89. The van der Waals surface area contributed by atoms with Crippen LogP contribution in [0.1, 0.15) is 31.0 Å². The lowest BCUT2D eigenvalue weighted by Crippen LogP contribution is -2.09. The van der Waals surface area contributed by atoms with Crippen LogP contribution in [-0.2, 0) is 0 Å². The van der Waals surface area contributed by atoms with Gasteiger partial charge >= 0.3 is 0 Å². The number of phenolic OH excluding ortho intramolecular Hbond substituents is 1. The first kappa shape index (κ1) is 13.0. The van der Waals surface area contributed by atoms with E-state index in [1.54, 1.807) is 0 Å². The van der Waals surface area contributed by atoms with Gasteiger partial charge < -0.3 is 9.63 Å². The van der Waals surface area contributed by atoms with Crippen molar-refractivity contribution in [1.29, 1.82) is 0 Å². The van der Waals surface area contributed by atoms with Crippen LogP contribution >= 0.6 is 0 Å². The molecule has 1 heterocycles. The summed E-state index contributed by atoms with van der Waals surface area (Å²) in [4.78, 5) is 3.99. The Bertz CT molecular complexity index is 642.